The Morgan fingerprint density at radius 3 is 1.83 bits per heavy atom. The Hall–Kier alpha value is -3.78. The molecule has 0 spiro atoms. The third-order valence-electron chi connectivity index (χ3n) is 5.54. The average Bonchev–Trinajstić information content (AvgIpc) is 2.75. The van der Waals surface area contributed by atoms with Crippen LogP contribution >= 0.6 is 0 Å². The maximum Gasteiger partial charge on any atom is 0.124 e. The van der Waals surface area contributed by atoms with Gasteiger partial charge in [-0.1, -0.05) is 78.4 Å². The number of phenolic OH excluding ortho intramolecular Hbond substituents is 2. The predicted molar refractivity (Wildman–Crippen MR) is 120 cm³/mol. The number of rotatable bonds is 2. The van der Waals surface area contributed by atoms with E-state index in [2.05, 4.69) is 43.3 Å². The van der Waals surface area contributed by atoms with Gasteiger partial charge in [0.15, 0.2) is 0 Å². The molecule has 0 amide bonds. The highest BCUT2D eigenvalue weighted by Gasteiger charge is 2.16. The first-order valence-electron chi connectivity index (χ1n) is 9.66. The summed E-state index contributed by atoms with van der Waals surface area (Å²) in [5.74, 6) is 0.321. The monoisotopic (exact) mass is 376 g/mol. The summed E-state index contributed by atoms with van der Waals surface area (Å²) in [5.41, 5.74) is 4.83. The molecule has 0 saturated carbocycles. The lowest BCUT2D eigenvalue weighted by Gasteiger charge is -2.15. The zero-order chi connectivity index (χ0) is 20.0. The van der Waals surface area contributed by atoms with Gasteiger partial charge in [0.1, 0.15) is 11.5 Å². The van der Waals surface area contributed by atoms with Crippen molar-refractivity contribution < 1.29 is 10.2 Å². The molecule has 0 aromatic heterocycles. The Kier molecular flexibility index (Phi) is 3.99. The molecule has 0 atom stereocenters. The molecule has 0 fully saturated rings. The summed E-state index contributed by atoms with van der Waals surface area (Å²) in [6, 6.07) is 29.8. The molecule has 0 heterocycles. The Bertz CT molecular complexity index is 1370. The number of phenols is 2. The molecule has 29 heavy (non-hydrogen) atoms. The first kappa shape index (κ1) is 17.3. The highest BCUT2D eigenvalue weighted by atomic mass is 16.3. The number of hydrogen-bond donors (Lipinski definition) is 2. The normalized spacial score (nSPS) is 11.2. The number of aryl methyl sites for hydroxylation is 1. The Balaban J connectivity index is 1.78. The molecule has 2 N–H and O–H groups in total. The summed E-state index contributed by atoms with van der Waals surface area (Å²) < 4.78 is 0. The average molecular weight is 376 g/mol. The minimum Gasteiger partial charge on any atom is -0.507 e. The van der Waals surface area contributed by atoms with E-state index in [0.29, 0.717) is 11.1 Å². The van der Waals surface area contributed by atoms with Gasteiger partial charge in [0, 0.05) is 11.1 Å². The van der Waals surface area contributed by atoms with E-state index < -0.39 is 0 Å². The van der Waals surface area contributed by atoms with Crippen molar-refractivity contribution >= 4 is 21.5 Å². The van der Waals surface area contributed by atoms with E-state index in [1.807, 2.05) is 42.5 Å². The van der Waals surface area contributed by atoms with Crippen LogP contribution in [0.5, 0.6) is 11.5 Å². The van der Waals surface area contributed by atoms with Gasteiger partial charge >= 0.3 is 0 Å². The zero-order valence-corrected chi connectivity index (χ0v) is 16.1. The van der Waals surface area contributed by atoms with Gasteiger partial charge in [0.05, 0.1) is 0 Å². The fraction of sp³-hybridized carbons (Fsp3) is 0.0370. The van der Waals surface area contributed by atoms with E-state index >= 15 is 0 Å². The SMILES string of the molecule is Cc1ccc(-c2ccc3c(-c4c(O)ccc5ccccc45)c(O)ccc3c2)cc1. The van der Waals surface area contributed by atoms with Gasteiger partial charge in [-0.2, -0.15) is 0 Å². The highest BCUT2D eigenvalue weighted by molar-refractivity contribution is 6.10. The van der Waals surface area contributed by atoms with Gasteiger partial charge in [-0.15, -0.1) is 0 Å². The molecule has 5 rings (SSSR count). The third-order valence-corrected chi connectivity index (χ3v) is 5.54. The van der Waals surface area contributed by atoms with Gasteiger partial charge in [0.25, 0.3) is 0 Å². The van der Waals surface area contributed by atoms with Crippen molar-refractivity contribution in [2.24, 2.45) is 0 Å². The minimum atomic E-state index is 0.159. The molecular formula is C27H20O2. The number of fused-ring (bicyclic) bond motifs is 2. The summed E-state index contributed by atoms with van der Waals surface area (Å²) in [4.78, 5) is 0. The van der Waals surface area contributed by atoms with Crippen molar-refractivity contribution in [1.82, 2.24) is 0 Å². The summed E-state index contributed by atoms with van der Waals surface area (Å²) in [7, 11) is 0. The fourth-order valence-corrected chi connectivity index (χ4v) is 4.03. The lowest BCUT2D eigenvalue weighted by atomic mass is 9.91. The molecule has 2 heteroatoms. The van der Waals surface area contributed by atoms with Crippen LogP contribution in [0.1, 0.15) is 5.56 Å². The van der Waals surface area contributed by atoms with E-state index in [1.165, 1.54) is 5.56 Å². The third kappa shape index (κ3) is 2.90. The molecule has 0 bridgehead atoms. The Labute approximate surface area is 169 Å². The minimum absolute atomic E-state index is 0.159. The lowest BCUT2D eigenvalue weighted by molar-refractivity contribution is 0.470. The van der Waals surface area contributed by atoms with Gasteiger partial charge in [-0.05, 0) is 57.8 Å². The molecule has 0 aliphatic rings. The molecule has 0 saturated heterocycles. The highest BCUT2D eigenvalue weighted by Crippen LogP contribution is 2.45. The first-order chi connectivity index (χ1) is 14.1. The molecule has 0 unspecified atom stereocenters. The smallest absolute Gasteiger partial charge is 0.124 e. The number of benzene rings is 5. The maximum atomic E-state index is 10.8. The quantitative estimate of drug-likeness (QED) is 0.347. The Morgan fingerprint density at radius 1 is 0.517 bits per heavy atom. The van der Waals surface area contributed by atoms with Crippen molar-refractivity contribution in [2.75, 3.05) is 0 Å². The van der Waals surface area contributed by atoms with Crippen LogP contribution in [-0.4, -0.2) is 10.2 Å². The van der Waals surface area contributed by atoms with Crippen molar-refractivity contribution in [3.8, 4) is 33.8 Å². The van der Waals surface area contributed by atoms with E-state index in [1.54, 1.807) is 12.1 Å². The summed E-state index contributed by atoms with van der Waals surface area (Å²) in [5, 5.41) is 25.3. The van der Waals surface area contributed by atoms with Crippen LogP contribution in [0.3, 0.4) is 0 Å². The molecule has 2 nitrogen and oxygen atoms in total. The maximum absolute atomic E-state index is 10.8. The van der Waals surface area contributed by atoms with E-state index in [0.717, 1.165) is 32.7 Å². The lowest BCUT2D eigenvalue weighted by Crippen LogP contribution is -1.88. The standard InChI is InChI=1S/C27H20O2/c1-17-6-8-18(9-7-17)20-10-13-23-21(16-20)12-15-25(29)27(23)26-22-5-3-2-4-19(22)11-14-24(26)28/h2-16,28-29H,1H3. The van der Waals surface area contributed by atoms with Crippen molar-refractivity contribution in [3.63, 3.8) is 0 Å². The van der Waals surface area contributed by atoms with Crippen LogP contribution < -0.4 is 0 Å². The molecule has 0 radical (unpaired) electrons. The number of aromatic hydroxyl groups is 2. The molecule has 5 aromatic carbocycles. The van der Waals surface area contributed by atoms with Crippen LogP contribution in [0.15, 0.2) is 91.0 Å². The van der Waals surface area contributed by atoms with Crippen LogP contribution in [-0.2, 0) is 0 Å². The second kappa shape index (κ2) is 6.68. The van der Waals surface area contributed by atoms with Crippen LogP contribution in [0.2, 0.25) is 0 Å². The first-order valence-corrected chi connectivity index (χ1v) is 9.66. The van der Waals surface area contributed by atoms with Gasteiger partial charge < -0.3 is 10.2 Å². The topological polar surface area (TPSA) is 40.5 Å². The predicted octanol–water partition coefficient (Wildman–Crippen LogP) is 7.05. The van der Waals surface area contributed by atoms with Crippen molar-refractivity contribution in [3.05, 3.63) is 96.6 Å². The van der Waals surface area contributed by atoms with Crippen LogP contribution in [0.25, 0.3) is 43.8 Å². The molecule has 5 aromatic rings. The zero-order valence-electron chi connectivity index (χ0n) is 16.1. The molecule has 140 valence electrons. The van der Waals surface area contributed by atoms with E-state index in [9.17, 15) is 10.2 Å². The fourth-order valence-electron chi connectivity index (χ4n) is 4.03. The van der Waals surface area contributed by atoms with Gasteiger partial charge in [0.2, 0.25) is 0 Å². The van der Waals surface area contributed by atoms with Crippen LogP contribution in [0, 0.1) is 6.92 Å². The molecule has 0 aliphatic carbocycles. The van der Waals surface area contributed by atoms with Crippen molar-refractivity contribution in [2.45, 2.75) is 6.92 Å². The van der Waals surface area contributed by atoms with Gasteiger partial charge in [-0.25, -0.2) is 0 Å². The summed E-state index contributed by atoms with van der Waals surface area (Å²) in [6.07, 6.45) is 0. The Morgan fingerprint density at radius 2 is 1.10 bits per heavy atom. The molecule has 0 aliphatic heterocycles. The molecular weight excluding hydrogens is 356 g/mol. The largest absolute Gasteiger partial charge is 0.507 e. The van der Waals surface area contributed by atoms with Gasteiger partial charge in [-0.3, -0.25) is 0 Å². The van der Waals surface area contributed by atoms with E-state index in [-0.39, 0.29) is 11.5 Å². The van der Waals surface area contributed by atoms with E-state index in [4.69, 9.17) is 0 Å². The number of hydrogen-bond acceptors (Lipinski definition) is 2. The second-order valence-corrected chi connectivity index (χ2v) is 7.44. The van der Waals surface area contributed by atoms with Crippen molar-refractivity contribution in [1.29, 1.82) is 0 Å². The summed E-state index contributed by atoms with van der Waals surface area (Å²) >= 11 is 0. The second-order valence-electron chi connectivity index (χ2n) is 7.44. The van der Waals surface area contributed by atoms with Crippen LogP contribution in [0.4, 0.5) is 0 Å². The summed E-state index contributed by atoms with van der Waals surface area (Å²) in [6.45, 7) is 2.08.